The minimum atomic E-state index is 0.150. The SMILES string of the molecule is CSc1ccc2nc(N3CCC(C(=O)N4CCCCC4)C3)sc2c1. The minimum Gasteiger partial charge on any atom is -0.347 e. The van der Waals surface area contributed by atoms with Crippen LogP contribution < -0.4 is 4.90 Å². The molecule has 1 atom stereocenters. The van der Waals surface area contributed by atoms with Gasteiger partial charge >= 0.3 is 0 Å². The number of carbonyl (C=O) groups excluding carboxylic acids is 1. The zero-order valence-corrected chi connectivity index (χ0v) is 15.7. The summed E-state index contributed by atoms with van der Waals surface area (Å²) in [5.74, 6) is 0.514. The molecule has 24 heavy (non-hydrogen) atoms. The zero-order valence-electron chi connectivity index (χ0n) is 14.0. The van der Waals surface area contributed by atoms with Crippen LogP contribution in [0.5, 0.6) is 0 Å². The van der Waals surface area contributed by atoms with Gasteiger partial charge in [0.2, 0.25) is 5.91 Å². The molecule has 2 aromatic rings. The smallest absolute Gasteiger partial charge is 0.227 e. The van der Waals surface area contributed by atoms with E-state index < -0.39 is 0 Å². The minimum absolute atomic E-state index is 0.150. The molecule has 1 unspecified atom stereocenters. The van der Waals surface area contributed by atoms with Gasteiger partial charge in [-0.15, -0.1) is 11.8 Å². The Kier molecular flexibility index (Phi) is 4.68. The Morgan fingerprint density at radius 2 is 2.08 bits per heavy atom. The first kappa shape index (κ1) is 16.2. The van der Waals surface area contributed by atoms with E-state index in [1.807, 2.05) is 0 Å². The molecule has 1 aromatic heterocycles. The lowest BCUT2D eigenvalue weighted by Crippen LogP contribution is -2.40. The highest BCUT2D eigenvalue weighted by atomic mass is 32.2. The zero-order chi connectivity index (χ0) is 16.5. The van der Waals surface area contributed by atoms with E-state index >= 15 is 0 Å². The number of thioether (sulfide) groups is 1. The Morgan fingerprint density at radius 1 is 1.25 bits per heavy atom. The molecule has 0 radical (unpaired) electrons. The first-order valence-corrected chi connectivity index (χ1v) is 10.8. The van der Waals surface area contributed by atoms with Crippen LogP contribution in [0.1, 0.15) is 25.7 Å². The van der Waals surface area contributed by atoms with Crippen LogP contribution in [0.3, 0.4) is 0 Å². The average molecular weight is 362 g/mol. The quantitative estimate of drug-likeness (QED) is 0.778. The van der Waals surface area contributed by atoms with Gasteiger partial charge in [-0.2, -0.15) is 0 Å². The summed E-state index contributed by atoms with van der Waals surface area (Å²) in [6, 6.07) is 6.45. The van der Waals surface area contributed by atoms with Gasteiger partial charge in [0.05, 0.1) is 16.1 Å². The van der Waals surface area contributed by atoms with Gasteiger partial charge in [-0.25, -0.2) is 4.98 Å². The molecule has 1 amide bonds. The lowest BCUT2D eigenvalue weighted by molar-refractivity contribution is -0.135. The van der Waals surface area contributed by atoms with E-state index in [2.05, 4.69) is 34.3 Å². The summed E-state index contributed by atoms with van der Waals surface area (Å²) >= 11 is 3.51. The second-order valence-electron chi connectivity index (χ2n) is 6.65. The summed E-state index contributed by atoms with van der Waals surface area (Å²) in [7, 11) is 0. The fourth-order valence-corrected chi connectivity index (χ4v) is 5.22. The first-order valence-electron chi connectivity index (χ1n) is 8.73. The second kappa shape index (κ2) is 6.92. The van der Waals surface area contributed by atoms with Crippen molar-refractivity contribution in [3.63, 3.8) is 0 Å². The van der Waals surface area contributed by atoms with Crippen LogP contribution in [0.4, 0.5) is 5.13 Å². The van der Waals surface area contributed by atoms with Crippen LogP contribution >= 0.6 is 23.1 Å². The molecular weight excluding hydrogens is 338 g/mol. The standard InChI is InChI=1S/C18H23N3OS2/c1-23-14-5-6-15-16(11-14)24-18(19-15)21-10-7-13(12-21)17(22)20-8-3-2-4-9-20/h5-6,11,13H,2-4,7-10,12H2,1H3. The van der Waals surface area contributed by atoms with E-state index in [4.69, 9.17) is 4.98 Å². The molecule has 128 valence electrons. The number of hydrogen-bond donors (Lipinski definition) is 0. The number of benzene rings is 1. The number of piperidine rings is 1. The van der Waals surface area contributed by atoms with Crippen molar-refractivity contribution in [3.05, 3.63) is 18.2 Å². The molecule has 3 heterocycles. The maximum absolute atomic E-state index is 12.7. The summed E-state index contributed by atoms with van der Waals surface area (Å²) in [6.45, 7) is 3.67. The Balaban J connectivity index is 1.47. The Bertz CT molecular complexity index is 739. The Hall–Kier alpha value is -1.27. The fraction of sp³-hybridized carbons (Fsp3) is 0.556. The summed E-state index contributed by atoms with van der Waals surface area (Å²) in [5.41, 5.74) is 1.07. The number of hydrogen-bond acceptors (Lipinski definition) is 5. The Morgan fingerprint density at radius 3 is 2.88 bits per heavy atom. The lowest BCUT2D eigenvalue weighted by atomic mass is 10.0. The van der Waals surface area contributed by atoms with E-state index in [-0.39, 0.29) is 5.92 Å². The van der Waals surface area contributed by atoms with Gasteiger partial charge in [0.25, 0.3) is 0 Å². The van der Waals surface area contributed by atoms with Gasteiger partial charge in [-0.1, -0.05) is 11.3 Å². The van der Waals surface area contributed by atoms with Crippen molar-refractivity contribution in [2.45, 2.75) is 30.6 Å². The number of fused-ring (bicyclic) bond motifs is 1. The van der Waals surface area contributed by atoms with Crippen molar-refractivity contribution in [1.29, 1.82) is 0 Å². The fourth-order valence-electron chi connectivity index (χ4n) is 3.66. The molecular formula is C18H23N3OS2. The van der Waals surface area contributed by atoms with E-state index in [1.165, 1.54) is 16.0 Å². The Labute approximate surface area is 151 Å². The number of amides is 1. The molecule has 1 aromatic carbocycles. The molecule has 0 bridgehead atoms. The van der Waals surface area contributed by atoms with E-state index in [0.717, 1.165) is 56.1 Å². The molecule has 0 aliphatic carbocycles. The maximum Gasteiger partial charge on any atom is 0.227 e. The van der Waals surface area contributed by atoms with Gasteiger partial charge in [0.15, 0.2) is 5.13 Å². The monoisotopic (exact) mass is 361 g/mol. The highest BCUT2D eigenvalue weighted by molar-refractivity contribution is 7.98. The first-order chi connectivity index (χ1) is 11.7. The molecule has 0 saturated carbocycles. The van der Waals surface area contributed by atoms with Crippen molar-refractivity contribution < 1.29 is 4.79 Å². The molecule has 2 aliphatic rings. The number of carbonyl (C=O) groups is 1. The number of anilines is 1. The van der Waals surface area contributed by atoms with Crippen LogP contribution in [0.2, 0.25) is 0 Å². The molecule has 6 heteroatoms. The van der Waals surface area contributed by atoms with Crippen molar-refractivity contribution >= 4 is 44.4 Å². The normalized spacial score (nSPS) is 21.6. The average Bonchev–Trinajstić information content (AvgIpc) is 3.27. The van der Waals surface area contributed by atoms with Crippen molar-refractivity contribution in [3.8, 4) is 0 Å². The predicted octanol–water partition coefficient (Wildman–Crippen LogP) is 3.86. The predicted molar refractivity (Wildman–Crippen MR) is 102 cm³/mol. The highest BCUT2D eigenvalue weighted by Gasteiger charge is 2.33. The molecule has 2 aliphatic heterocycles. The van der Waals surface area contributed by atoms with Crippen LogP contribution in [0.15, 0.2) is 23.1 Å². The largest absolute Gasteiger partial charge is 0.347 e. The van der Waals surface area contributed by atoms with E-state index in [9.17, 15) is 4.79 Å². The number of nitrogens with zero attached hydrogens (tertiary/aromatic N) is 3. The van der Waals surface area contributed by atoms with Gasteiger partial charge in [0, 0.05) is 31.1 Å². The number of rotatable bonds is 3. The summed E-state index contributed by atoms with van der Waals surface area (Å²) < 4.78 is 1.24. The van der Waals surface area contributed by atoms with Gasteiger partial charge in [-0.3, -0.25) is 4.79 Å². The molecule has 2 saturated heterocycles. The maximum atomic E-state index is 12.7. The van der Waals surface area contributed by atoms with Gasteiger partial charge in [-0.05, 0) is 50.1 Å². The van der Waals surface area contributed by atoms with Crippen LogP contribution in [0.25, 0.3) is 10.2 Å². The molecule has 0 N–H and O–H groups in total. The third-order valence-corrected chi connectivity index (χ3v) is 6.86. The third-order valence-electron chi connectivity index (χ3n) is 5.06. The summed E-state index contributed by atoms with van der Waals surface area (Å²) in [5, 5.41) is 1.07. The molecule has 4 nitrogen and oxygen atoms in total. The van der Waals surface area contributed by atoms with E-state index in [0.29, 0.717) is 5.91 Å². The molecule has 2 fully saturated rings. The van der Waals surface area contributed by atoms with Gasteiger partial charge in [0.1, 0.15) is 0 Å². The number of thiazole rings is 1. The lowest BCUT2D eigenvalue weighted by Gasteiger charge is -2.29. The van der Waals surface area contributed by atoms with Crippen LogP contribution in [-0.4, -0.2) is 48.2 Å². The second-order valence-corrected chi connectivity index (χ2v) is 8.54. The highest BCUT2D eigenvalue weighted by Crippen LogP contribution is 2.34. The number of aromatic nitrogens is 1. The van der Waals surface area contributed by atoms with Crippen molar-refractivity contribution in [1.82, 2.24) is 9.88 Å². The summed E-state index contributed by atoms with van der Waals surface area (Å²) in [6.07, 6.45) is 6.65. The van der Waals surface area contributed by atoms with Crippen molar-refractivity contribution in [2.24, 2.45) is 5.92 Å². The molecule has 4 rings (SSSR count). The van der Waals surface area contributed by atoms with Gasteiger partial charge < -0.3 is 9.80 Å². The topological polar surface area (TPSA) is 36.4 Å². The van der Waals surface area contributed by atoms with Crippen LogP contribution in [-0.2, 0) is 4.79 Å². The molecule has 0 spiro atoms. The van der Waals surface area contributed by atoms with Crippen molar-refractivity contribution in [2.75, 3.05) is 37.3 Å². The third kappa shape index (κ3) is 3.14. The number of likely N-dealkylation sites (tertiary alicyclic amines) is 1. The summed E-state index contributed by atoms with van der Waals surface area (Å²) in [4.78, 5) is 23.2. The van der Waals surface area contributed by atoms with Crippen LogP contribution in [0, 0.1) is 5.92 Å². The van der Waals surface area contributed by atoms with E-state index in [1.54, 1.807) is 23.1 Å².